The molecule has 0 aliphatic heterocycles. The first-order chi connectivity index (χ1) is 6.15. The molecule has 5 heteroatoms. The highest BCUT2D eigenvalue weighted by Gasteiger charge is 2.11. The van der Waals surface area contributed by atoms with Gasteiger partial charge in [0.1, 0.15) is 6.20 Å². The summed E-state index contributed by atoms with van der Waals surface area (Å²) in [6.07, 6.45) is 1.95. The molecule has 4 nitrogen and oxygen atoms in total. The second kappa shape index (κ2) is 6.13. The number of ether oxygens (including phenoxy) is 1. The van der Waals surface area contributed by atoms with Crippen molar-refractivity contribution in [3.8, 4) is 0 Å². The second-order valence-electron chi connectivity index (χ2n) is 2.95. The molecule has 0 aliphatic carbocycles. The van der Waals surface area contributed by atoms with E-state index in [9.17, 15) is 0 Å². The van der Waals surface area contributed by atoms with Crippen LogP contribution < -0.4 is 34.3 Å². The molecule has 0 spiro atoms. The number of hydrogen-bond donors (Lipinski definition) is 1. The van der Waals surface area contributed by atoms with Crippen LogP contribution in [0.5, 0.6) is 0 Å². The van der Waals surface area contributed by atoms with Gasteiger partial charge in [-0.25, -0.2) is 4.57 Å². The number of halogens is 1. The van der Waals surface area contributed by atoms with Crippen LogP contribution in [0.4, 0.5) is 5.82 Å². The van der Waals surface area contributed by atoms with Crippen molar-refractivity contribution >= 4 is 5.82 Å². The van der Waals surface area contributed by atoms with Crippen LogP contribution in [0.2, 0.25) is 0 Å². The van der Waals surface area contributed by atoms with E-state index in [0.717, 1.165) is 11.4 Å². The van der Waals surface area contributed by atoms with Gasteiger partial charge in [0.05, 0.1) is 19.2 Å². The van der Waals surface area contributed by atoms with Gasteiger partial charge in [0.15, 0.2) is 0 Å². The minimum Gasteiger partial charge on any atom is -1.00 e. The molecule has 1 rings (SSSR count). The highest BCUT2D eigenvalue weighted by atomic mass is 127. The fraction of sp³-hybridized carbons (Fsp3) is 0.556. The molecule has 0 aliphatic rings. The average molecular weight is 309 g/mol. The van der Waals surface area contributed by atoms with Crippen LogP contribution in [0.25, 0.3) is 0 Å². The Hall–Kier alpha value is -0.430. The summed E-state index contributed by atoms with van der Waals surface area (Å²) in [7, 11) is 1.94. The van der Waals surface area contributed by atoms with Crippen molar-refractivity contribution in [2.45, 2.75) is 20.5 Å². The summed E-state index contributed by atoms with van der Waals surface area (Å²) in [6.45, 7) is 5.10. The van der Waals surface area contributed by atoms with Gasteiger partial charge in [-0.1, -0.05) is 0 Å². The third-order valence-corrected chi connectivity index (χ3v) is 1.93. The standard InChI is InChI=1S/C9H15N3O.HI/c1-4-13-6-8-5-12(3)7(2)11-9(8)10;/h5,10H,4,6H2,1-3H3;1H. The molecular weight excluding hydrogens is 293 g/mol. The molecule has 2 N–H and O–H groups in total. The smallest absolute Gasteiger partial charge is 0.297 e. The van der Waals surface area contributed by atoms with E-state index in [1.54, 1.807) is 0 Å². The predicted molar refractivity (Wildman–Crippen MR) is 49.9 cm³/mol. The maximum Gasteiger partial charge on any atom is 0.297 e. The largest absolute Gasteiger partial charge is 1.00 e. The van der Waals surface area contributed by atoms with Gasteiger partial charge >= 0.3 is 0 Å². The van der Waals surface area contributed by atoms with Crippen LogP contribution in [-0.4, -0.2) is 11.6 Å². The molecule has 1 heterocycles. The van der Waals surface area contributed by atoms with Crippen LogP contribution in [0.15, 0.2) is 6.20 Å². The molecule has 0 saturated carbocycles. The minimum atomic E-state index is 0. The van der Waals surface area contributed by atoms with Gasteiger partial charge in [0.2, 0.25) is 5.82 Å². The lowest BCUT2D eigenvalue weighted by Crippen LogP contribution is -3.00. The van der Waals surface area contributed by atoms with Gasteiger partial charge in [-0.2, -0.15) is 0 Å². The SMILES string of the molecule is CCOCc1c[n+](C)c(C)nc1N.[I-]. The zero-order valence-electron chi connectivity index (χ0n) is 8.75. The monoisotopic (exact) mass is 309 g/mol. The van der Waals surface area contributed by atoms with Gasteiger partial charge in [-0.15, -0.1) is 0 Å². The van der Waals surface area contributed by atoms with Crippen molar-refractivity contribution in [1.82, 2.24) is 4.98 Å². The molecule has 0 fully saturated rings. The van der Waals surface area contributed by atoms with Crippen LogP contribution >= 0.6 is 0 Å². The van der Waals surface area contributed by atoms with E-state index in [1.807, 2.05) is 31.7 Å². The first-order valence-electron chi connectivity index (χ1n) is 4.34. The van der Waals surface area contributed by atoms with Crippen molar-refractivity contribution in [2.75, 3.05) is 12.3 Å². The number of nitrogen functional groups attached to an aromatic ring is 1. The number of nitrogens with two attached hydrogens (primary N) is 1. The highest BCUT2D eigenvalue weighted by molar-refractivity contribution is 5.35. The van der Waals surface area contributed by atoms with Crippen molar-refractivity contribution in [2.24, 2.45) is 7.05 Å². The maximum absolute atomic E-state index is 5.73. The molecule has 0 radical (unpaired) electrons. The Kier molecular flexibility index (Phi) is 5.94. The Morgan fingerprint density at radius 2 is 2.21 bits per heavy atom. The lowest BCUT2D eigenvalue weighted by atomic mass is 10.3. The summed E-state index contributed by atoms with van der Waals surface area (Å²) in [4.78, 5) is 4.19. The molecule has 80 valence electrons. The average Bonchev–Trinajstić information content (AvgIpc) is 2.09. The topological polar surface area (TPSA) is 52.0 Å². The third-order valence-electron chi connectivity index (χ3n) is 1.93. The maximum atomic E-state index is 5.73. The number of nitrogens with zero attached hydrogens (tertiary/aromatic N) is 2. The lowest BCUT2D eigenvalue weighted by Gasteiger charge is -2.02. The predicted octanol–water partition coefficient (Wildman–Crippen LogP) is -2.66. The number of anilines is 1. The van der Waals surface area contributed by atoms with Crippen LogP contribution in [0, 0.1) is 6.92 Å². The number of aryl methyl sites for hydroxylation is 2. The van der Waals surface area contributed by atoms with E-state index in [0.29, 0.717) is 19.0 Å². The first kappa shape index (κ1) is 13.6. The Bertz CT molecular complexity index is 304. The van der Waals surface area contributed by atoms with Crippen LogP contribution in [0.3, 0.4) is 0 Å². The molecule has 0 saturated heterocycles. The molecule has 1 aromatic rings. The molecule has 0 atom stereocenters. The Morgan fingerprint density at radius 1 is 1.57 bits per heavy atom. The zero-order chi connectivity index (χ0) is 9.84. The van der Waals surface area contributed by atoms with E-state index in [2.05, 4.69) is 4.98 Å². The van der Waals surface area contributed by atoms with Crippen molar-refractivity contribution < 1.29 is 33.3 Å². The van der Waals surface area contributed by atoms with Gasteiger partial charge in [0.25, 0.3) is 5.82 Å². The van der Waals surface area contributed by atoms with E-state index >= 15 is 0 Å². The summed E-state index contributed by atoms with van der Waals surface area (Å²) < 4.78 is 7.20. The summed E-state index contributed by atoms with van der Waals surface area (Å²) >= 11 is 0. The first-order valence-corrected chi connectivity index (χ1v) is 4.34. The molecule has 0 aromatic carbocycles. The van der Waals surface area contributed by atoms with E-state index in [4.69, 9.17) is 10.5 Å². The van der Waals surface area contributed by atoms with Crippen LogP contribution in [0.1, 0.15) is 18.3 Å². The van der Waals surface area contributed by atoms with E-state index < -0.39 is 0 Å². The minimum absolute atomic E-state index is 0. The number of hydrogen-bond acceptors (Lipinski definition) is 3. The number of aromatic nitrogens is 2. The summed E-state index contributed by atoms with van der Waals surface area (Å²) in [5.74, 6) is 1.46. The molecule has 0 bridgehead atoms. The van der Waals surface area contributed by atoms with Crippen molar-refractivity contribution in [3.05, 3.63) is 17.6 Å². The molecule has 14 heavy (non-hydrogen) atoms. The van der Waals surface area contributed by atoms with Crippen molar-refractivity contribution in [1.29, 1.82) is 0 Å². The summed E-state index contributed by atoms with van der Waals surface area (Å²) in [5.41, 5.74) is 6.67. The third kappa shape index (κ3) is 3.38. The van der Waals surface area contributed by atoms with Gasteiger partial charge in [-0.05, 0) is 11.9 Å². The summed E-state index contributed by atoms with van der Waals surface area (Å²) in [6, 6.07) is 0. The second-order valence-corrected chi connectivity index (χ2v) is 2.95. The van der Waals surface area contributed by atoms with E-state index in [-0.39, 0.29) is 24.0 Å². The number of rotatable bonds is 3. The van der Waals surface area contributed by atoms with Gasteiger partial charge in [-0.3, -0.25) is 0 Å². The van der Waals surface area contributed by atoms with Crippen LogP contribution in [-0.2, 0) is 18.4 Å². The fourth-order valence-corrected chi connectivity index (χ4v) is 1.04. The zero-order valence-corrected chi connectivity index (χ0v) is 10.9. The Labute approximate surface area is 102 Å². The molecular formula is C9H16IN3O. The quantitative estimate of drug-likeness (QED) is 0.490. The lowest BCUT2D eigenvalue weighted by molar-refractivity contribution is -0.681. The highest BCUT2D eigenvalue weighted by Crippen LogP contribution is 2.06. The molecule has 0 amide bonds. The Balaban J connectivity index is 0.00000169. The van der Waals surface area contributed by atoms with E-state index in [1.165, 1.54) is 0 Å². The summed E-state index contributed by atoms with van der Waals surface area (Å²) in [5, 5.41) is 0. The van der Waals surface area contributed by atoms with Gasteiger partial charge in [0, 0.05) is 13.5 Å². The Morgan fingerprint density at radius 3 is 2.79 bits per heavy atom. The normalized spacial score (nSPS) is 9.64. The van der Waals surface area contributed by atoms with Crippen molar-refractivity contribution in [3.63, 3.8) is 0 Å². The molecule has 0 unspecified atom stereocenters. The molecule has 1 aromatic heterocycles. The fourth-order valence-electron chi connectivity index (χ4n) is 1.04. The van der Waals surface area contributed by atoms with Gasteiger partial charge < -0.3 is 34.4 Å².